The number of nitrogens with zero attached hydrogens (tertiary/aromatic N) is 4. The predicted octanol–water partition coefficient (Wildman–Crippen LogP) is 3.13. The van der Waals surface area contributed by atoms with E-state index in [0.29, 0.717) is 18.3 Å². The number of hydrogen-bond donors (Lipinski definition) is 2. The molecule has 2 heterocycles. The van der Waals surface area contributed by atoms with Crippen molar-refractivity contribution in [1.29, 1.82) is 0 Å². The summed E-state index contributed by atoms with van der Waals surface area (Å²) in [5.41, 5.74) is 3.65. The summed E-state index contributed by atoms with van der Waals surface area (Å²) in [6.07, 6.45) is 2.04. The summed E-state index contributed by atoms with van der Waals surface area (Å²) in [6, 6.07) is 8.76. The zero-order valence-corrected chi connectivity index (χ0v) is 19.7. The maximum Gasteiger partial charge on any atom is 0.274 e. The lowest BCUT2D eigenvalue weighted by Gasteiger charge is -2.23. The number of hydrogen-bond acceptors (Lipinski definition) is 5. The molecule has 2 N–H and O–H groups in total. The van der Waals surface area contributed by atoms with E-state index in [9.17, 15) is 4.79 Å². The van der Waals surface area contributed by atoms with Gasteiger partial charge in [0, 0.05) is 13.1 Å². The second-order valence-corrected chi connectivity index (χ2v) is 7.41. The average Bonchev–Trinajstić information content (AvgIpc) is 3.13. The van der Waals surface area contributed by atoms with Crippen molar-refractivity contribution < 1.29 is 4.79 Å². The maximum absolute atomic E-state index is 12.6. The number of carbonyl (C=O) groups excluding carboxylic acids is 1. The van der Waals surface area contributed by atoms with Gasteiger partial charge in [-0.15, -0.1) is 29.9 Å². The summed E-state index contributed by atoms with van der Waals surface area (Å²) in [7, 11) is 0. The van der Waals surface area contributed by atoms with Gasteiger partial charge in [-0.1, -0.05) is 43.3 Å². The summed E-state index contributed by atoms with van der Waals surface area (Å²) in [4.78, 5) is 15.0. The first kappa shape index (κ1) is 26.4. The molecule has 3 rings (SSSR count). The molecule has 0 bridgehead atoms. The lowest BCUT2D eigenvalue weighted by atomic mass is 10.1. The summed E-state index contributed by atoms with van der Waals surface area (Å²) in [5.74, 6) is -0.162. The minimum absolute atomic E-state index is 0. The van der Waals surface area contributed by atoms with Gasteiger partial charge in [-0.3, -0.25) is 9.69 Å². The molecule has 0 radical (unpaired) electrons. The van der Waals surface area contributed by atoms with Gasteiger partial charge in [0.25, 0.3) is 5.91 Å². The van der Waals surface area contributed by atoms with E-state index >= 15 is 0 Å². The number of piperidine rings is 1. The molecular formula is C21H34Cl2N6O. The monoisotopic (exact) mass is 456 g/mol. The molecule has 0 aliphatic carbocycles. The van der Waals surface area contributed by atoms with E-state index in [1.165, 1.54) is 5.56 Å². The van der Waals surface area contributed by atoms with Crippen LogP contribution in [0.4, 0.5) is 0 Å². The molecule has 168 valence electrons. The Morgan fingerprint density at radius 1 is 1.13 bits per heavy atom. The molecule has 0 saturated carbocycles. The quantitative estimate of drug-likeness (QED) is 0.637. The van der Waals surface area contributed by atoms with E-state index in [-0.39, 0.29) is 30.7 Å². The summed E-state index contributed by atoms with van der Waals surface area (Å²) >= 11 is 0. The van der Waals surface area contributed by atoms with Crippen molar-refractivity contribution in [2.24, 2.45) is 0 Å². The van der Waals surface area contributed by atoms with Crippen molar-refractivity contribution in [2.45, 2.75) is 52.7 Å². The van der Waals surface area contributed by atoms with Gasteiger partial charge in [-0.05, 0) is 57.1 Å². The highest BCUT2D eigenvalue weighted by molar-refractivity contribution is 5.93. The molecule has 0 atom stereocenters. The molecule has 1 aliphatic rings. The minimum atomic E-state index is -0.162. The molecule has 1 aromatic carbocycles. The van der Waals surface area contributed by atoms with Crippen molar-refractivity contribution in [3.63, 3.8) is 0 Å². The van der Waals surface area contributed by atoms with Crippen LogP contribution in [0.1, 0.15) is 60.0 Å². The summed E-state index contributed by atoms with van der Waals surface area (Å²) in [6.45, 7) is 11.8. The molecule has 2 aromatic rings. The number of aromatic nitrogens is 3. The van der Waals surface area contributed by atoms with Crippen molar-refractivity contribution in [3.05, 3.63) is 46.8 Å². The number of halogens is 2. The highest BCUT2D eigenvalue weighted by Crippen LogP contribution is 2.20. The van der Waals surface area contributed by atoms with E-state index < -0.39 is 0 Å². The van der Waals surface area contributed by atoms with Gasteiger partial charge in [-0.2, -0.15) is 0 Å². The van der Waals surface area contributed by atoms with Crippen LogP contribution < -0.4 is 10.6 Å². The lowest BCUT2D eigenvalue weighted by molar-refractivity contribution is 0.0945. The molecule has 1 amide bonds. The SMILES string of the molecule is CCN(CC)Cc1ccc(CNC(=O)c2nnn(C3CCNCC3)c2C)cc1.Cl.Cl. The molecular weight excluding hydrogens is 423 g/mol. The topological polar surface area (TPSA) is 75.1 Å². The number of carbonyl (C=O) groups is 1. The molecule has 1 aliphatic heterocycles. The van der Waals surface area contributed by atoms with Crippen LogP contribution in [0.15, 0.2) is 24.3 Å². The van der Waals surface area contributed by atoms with Crippen LogP contribution in [-0.2, 0) is 13.1 Å². The third-order valence-electron chi connectivity index (χ3n) is 5.57. The third kappa shape index (κ3) is 6.67. The zero-order valence-electron chi connectivity index (χ0n) is 18.1. The smallest absolute Gasteiger partial charge is 0.274 e. The van der Waals surface area contributed by atoms with Gasteiger partial charge in [0.1, 0.15) is 0 Å². The molecule has 30 heavy (non-hydrogen) atoms. The Morgan fingerprint density at radius 3 is 2.33 bits per heavy atom. The van der Waals surface area contributed by atoms with E-state index in [1.54, 1.807) is 0 Å². The first-order chi connectivity index (χ1) is 13.6. The highest BCUT2D eigenvalue weighted by atomic mass is 35.5. The predicted molar refractivity (Wildman–Crippen MR) is 125 cm³/mol. The molecule has 9 heteroatoms. The van der Waals surface area contributed by atoms with Crippen LogP contribution in [0.3, 0.4) is 0 Å². The van der Waals surface area contributed by atoms with Gasteiger partial charge in [0.2, 0.25) is 0 Å². The highest BCUT2D eigenvalue weighted by Gasteiger charge is 2.22. The number of benzene rings is 1. The van der Waals surface area contributed by atoms with Crippen LogP contribution in [0, 0.1) is 6.92 Å². The summed E-state index contributed by atoms with van der Waals surface area (Å²) < 4.78 is 1.91. The second-order valence-electron chi connectivity index (χ2n) is 7.41. The second kappa shape index (κ2) is 12.9. The van der Waals surface area contributed by atoms with Gasteiger partial charge in [0.15, 0.2) is 5.69 Å². The molecule has 7 nitrogen and oxygen atoms in total. The van der Waals surface area contributed by atoms with Gasteiger partial charge < -0.3 is 10.6 Å². The number of nitrogens with one attached hydrogen (secondary N) is 2. The van der Waals surface area contributed by atoms with Crippen LogP contribution >= 0.6 is 24.8 Å². The first-order valence-corrected chi connectivity index (χ1v) is 10.3. The molecule has 0 spiro atoms. The fourth-order valence-corrected chi connectivity index (χ4v) is 3.68. The maximum atomic E-state index is 12.6. The van der Waals surface area contributed by atoms with E-state index in [2.05, 4.69) is 64.0 Å². The molecule has 1 aromatic heterocycles. The Labute approximate surface area is 191 Å². The van der Waals surface area contributed by atoms with Crippen molar-refractivity contribution in [3.8, 4) is 0 Å². The number of amides is 1. The largest absolute Gasteiger partial charge is 0.347 e. The van der Waals surface area contributed by atoms with Gasteiger partial charge in [-0.25, -0.2) is 4.68 Å². The lowest BCUT2D eigenvalue weighted by Crippen LogP contribution is -2.30. The Hall–Kier alpha value is -1.67. The molecule has 0 unspecified atom stereocenters. The molecule has 1 saturated heterocycles. The summed E-state index contributed by atoms with van der Waals surface area (Å²) in [5, 5.41) is 14.7. The normalized spacial score (nSPS) is 14.1. The fraction of sp³-hybridized carbons (Fsp3) is 0.571. The Kier molecular flexibility index (Phi) is 11.3. The third-order valence-corrected chi connectivity index (χ3v) is 5.57. The Balaban J connectivity index is 0.00000225. The van der Waals surface area contributed by atoms with Crippen molar-refractivity contribution in [2.75, 3.05) is 26.2 Å². The van der Waals surface area contributed by atoms with E-state index in [0.717, 1.165) is 56.8 Å². The Morgan fingerprint density at radius 2 is 1.73 bits per heavy atom. The minimum Gasteiger partial charge on any atom is -0.347 e. The number of rotatable bonds is 8. The van der Waals surface area contributed by atoms with Gasteiger partial charge >= 0.3 is 0 Å². The zero-order chi connectivity index (χ0) is 19.9. The first-order valence-electron chi connectivity index (χ1n) is 10.3. The molecule has 1 fully saturated rings. The van der Waals surface area contributed by atoms with Crippen LogP contribution in [0.25, 0.3) is 0 Å². The van der Waals surface area contributed by atoms with E-state index in [1.807, 2.05) is 11.6 Å². The fourth-order valence-electron chi connectivity index (χ4n) is 3.68. The Bertz CT molecular complexity index is 770. The van der Waals surface area contributed by atoms with Crippen LogP contribution in [-0.4, -0.2) is 52.0 Å². The van der Waals surface area contributed by atoms with Crippen LogP contribution in [0.5, 0.6) is 0 Å². The van der Waals surface area contributed by atoms with Gasteiger partial charge in [0.05, 0.1) is 11.7 Å². The van der Waals surface area contributed by atoms with E-state index in [4.69, 9.17) is 0 Å². The van der Waals surface area contributed by atoms with Crippen LogP contribution in [0.2, 0.25) is 0 Å². The van der Waals surface area contributed by atoms with Crippen molar-refractivity contribution >= 4 is 30.7 Å². The van der Waals surface area contributed by atoms with Crippen molar-refractivity contribution in [1.82, 2.24) is 30.5 Å². The standard InChI is InChI=1S/C21H32N6O.2ClH/c1-4-26(5-2)15-18-8-6-17(7-9-18)14-23-21(28)20-16(3)27(25-24-20)19-10-12-22-13-11-19;;/h6-9,19,22H,4-5,10-15H2,1-3H3,(H,23,28);2*1H. The average molecular weight is 457 g/mol.